The lowest BCUT2D eigenvalue weighted by atomic mass is 9.85. The predicted molar refractivity (Wildman–Crippen MR) is 80.3 cm³/mol. The minimum absolute atomic E-state index is 0.0657. The molecule has 0 radical (unpaired) electrons. The Labute approximate surface area is 118 Å². The van der Waals surface area contributed by atoms with Crippen molar-refractivity contribution in [2.75, 3.05) is 5.32 Å². The average molecular weight is 275 g/mol. The molecule has 0 saturated heterocycles. The highest BCUT2D eigenvalue weighted by Gasteiger charge is 2.29. The first-order valence-corrected chi connectivity index (χ1v) is 6.84. The Morgan fingerprint density at radius 3 is 2.63 bits per heavy atom. The molecule has 3 nitrogen and oxygen atoms in total. The van der Waals surface area contributed by atoms with Gasteiger partial charge < -0.3 is 10.4 Å². The van der Waals surface area contributed by atoms with Gasteiger partial charge in [0.1, 0.15) is 10.7 Å². The van der Waals surface area contributed by atoms with E-state index in [0.717, 1.165) is 12.1 Å². The number of hydrogen-bond donors (Lipinski definition) is 2. The Balaban J connectivity index is 2.17. The molecule has 0 unspecified atom stereocenters. The van der Waals surface area contributed by atoms with Gasteiger partial charge in [-0.2, -0.15) is 0 Å². The second-order valence-electron chi connectivity index (χ2n) is 4.75. The summed E-state index contributed by atoms with van der Waals surface area (Å²) in [6, 6.07) is 9.41. The van der Waals surface area contributed by atoms with Gasteiger partial charge in [-0.3, -0.25) is 4.79 Å². The Morgan fingerprint density at radius 1 is 1.37 bits per heavy atom. The van der Waals surface area contributed by atoms with Gasteiger partial charge in [0.25, 0.3) is 0 Å². The highest BCUT2D eigenvalue weighted by Crippen LogP contribution is 2.28. The number of thiocarbonyl (C=S) groups is 1. The van der Waals surface area contributed by atoms with Crippen LogP contribution in [0.4, 0.5) is 5.69 Å². The number of allylic oxidation sites excluding steroid dienone is 1. The molecular weight excluding hydrogens is 258 g/mol. The molecule has 1 aromatic rings. The lowest BCUT2D eigenvalue weighted by Gasteiger charge is -2.23. The zero-order valence-electron chi connectivity index (χ0n) is 10.8. The average Bonchev–Trinajstić information content (AvgIpc) is 2.38. The molecule has 4 heteroatoms. The molecule has 1 aliphatic rings. The normalized spacial score (nSPS) is 19.4. The number of carbonyl (C=O) groups excluding carboxylic acids is 1. The Bertz CT molecular complexity index is 522. The maximum absolute atomic E-state index is 12.1. The minimum Gasteiger partial charge on any atom is -0.511 e. The number of rotatable bonds is 3. The quantitative estimate of drug-likeness (QED) is 0.827. The molecule has 0 spiro atoms. The number of carbonyl (C=O) groups is 1. The fraction of sp³-hybridized carbons (Fsp3) is 0.333. The molecule has 0 amide bonds. The van der Waals surface area contributed by atoms with Crippen molar-refractivity contribution in [1.29, 1.82) is 0 Å². The van der Waals surface area contributed by atoms with Crippen LogP contribution in [-0.4, -0.2) is 15.9 Å². The molecule has 2 rings (SSSR count). The van der Waals surface area contributed by atoms with E-state index in [4.69, 9.17) is 12.2 Å². The molecule has 100 valence electrons. The number of aliphatic hydroxyl groups is 1. The van der Waals surface area contributed by atoms with E-state index in [1.807, 2.05) is 37.3 Å². The number of benzene rings is 1. The van der Waals surface area contributed by atoms with Crippen LogP contribution in [0.25, 0.3) is 0 Å². The molecule has 1 aliphatic carbocycles. The van der Waals surface area contributed by atoms with Crippen molar-refractivity contribution in [3.63, 3.8) is 0 Å². The number of nitrogens with one attached hydrogen (secondary N) is 1. The first kappa shape index (κ1) is 13.7. The number of para-hydroxylation sites is 1. The van der Waals surface area contributed by atoms with E-state index in [1.54, 1.807) is 0 Å². The lowest BCUT2D eigenvalue weighted by Crippen LogP contribution is -2.27. The van der Waals surface area contributed by atoms with Gasteiger partial charge in [-0.25, -0.2) is 0 Å². The number of hydrogen-bond acceptors (Lipinski definition) is 3. The van der Waals surface area contributed by atoms with Crippen LogP contribution in [0, 0.1) is 5.92 Å². The molecule has 0 heterocycles. The van der Waals surface area contributed by atoms with Crippen molar-refractivity contribution < 1.29 is 9.90 Å². The maximum atomic E-state index is 12.1. The molecular formula is C15H17NO2S. The van der Waals surface area contributed by atoms with Gasteiger partial charge in [0.15, 0.2) is 5.78 Å². The number of Topliss-reactive ketones (excluding diaryl/α,β-unsaturated/α-hetero) is 1. The summed E-state index contributed by atoms with van der Waals surface area (Å²) >= 11 is 5.24. The molecule has 0 aliphatic heterocycles. The van der Waals surface area contributed by atoms with Crippen molar-refractivity contribution in [3.05, 3.63) is 41.7 Å². The molecule has 0 saturated carbocycles. The summed E-state index contributed by atoms with van der Waals surface area (Å²) in [5.41, 5.74) is 1.10. The number of aliphatic hydroxyl groups excluding tert-OH is 1. The van der Waals surface area contributed by atoms with Crippen LogP contribution in [-0.2, 0) is 4.79 Å². The van der Waals surface area contributed by atoms with Gasteiger partial charge in [0.2, 0.25) is 0 Å². The summed E-state index contributed by atoms with van der Waals surface area (Å²) in [5.74, 6) is 0.288. The third kappa shape index (κ3) is 3.20. The van der Waals surface area contributed by atoms with Crippen LogP contribution in [0.1, 0.15) is 26.2 Å². The smallest absolute Gasteiger partial charge is 0.169 e. The van der Waals surface area contributed by atoms with Gasteiger partial charge in [0, 0.05) is 18.5 Å². The number of anilines is 1. The van der Waals surface area contributed by atoms with E-state index >= 15 is 0 Å². The van der Waals surface area contributed by atoms with E-state index in [1.165, 1.54) is 0 Å². The van der Waals surface area contributed by atoms with E-state index < -0.39 is 0 Å². The highest BCUT2D eigenvalue weighted by molar-refractivity contribution is 7.81. The first-order valence-electron chi connectivity index (χ1n) is 6.43. The van der Waals surface area contributed by atoms with Gasteiger partial charge in [0.05, 0.1) is 5.57 Å². The number of ketones is 1. The SMILES string of the molecule is CC[C@@H]1CC(=O)C(C(=S)Nc2ccccc2)=C(O)C1. The predicted octanol–water partition coefficient (Wildman–Crippen LogP) is 3.63. The second-order valence-corrected chi connectivity index (χ2v) is 5.16. The minimum atomic E-state index is -0.0657. The Kier molecular flexibility index (Phi) is 4.32. The van der Waals surface area contributed by atoms with E-state index in [9.17, 15) is 9.90 Å². The van der Waals surface area contributed by atoms with Crippen LogP contribution >= 0.6 is 12.2 Å². The van der Waals surface area contributed by atoms with Crippen LogP contribution < -0.4 is 5.32 Å². The van der Waals surface area contributed by atoms with E-state index in [0.29, 0.717) is 17.8 Å². The zero-order valence-corrected chi connectivity index (χ0v) is 11.7. The summed E-state index contributed by atoms with van der Waals surface area (Å²) in [4.78, 5) is 12.4. The third-order valence-electron chi connectivity index (χ3n) is 3.36. The van der Waals surface area contributed by atoms with E-state index in [2.05, 4.69) is 5.32 Å². The molecule has 1 atom stereocenters. The van der Waals surface area contributed by atoms with Crippen LogP contribution in [0.5, 0.6) is 0 Å². The Hall–Kier alpha value is -1.68. The van der Waals surface area contributed by atoms with Crippen molar-refractivity contribution >= 4 is 28.7 Å². The fourth-order valence-electron chi connectivity index (χ4n) is 2.23. The van der Waals surface area contributed by atoms with Crippen molar-refractivity contribution in [3.8, 4) is 0 Å². The van der Waals surface area contributed by atoms with Crippen LogP contribution in [0.3, 0.4) is 0 Å². The van der Waals surface area contributed by atoms with Gasteiger partial charge in [-0.15, -0.1) is 0 Å². The van der Waals surface area contributed by atoms with Gasteiger partial charge >= 0.3 is 0 Å². The molecule has 0 aromatic heterocycles. The summed E-state index contributed by atoms with van der Waals surface area (Å²) < 4.78 is 0. The molecule has 19 heavy (non-hydrogen) atoms. The monoisotopic (exact) mass is 275 g/mol. The van der Waals surface area contributed by atoms with Crippen molar-refractivity contribution in [2.24, 2.45) is 5.92 Å². The molecule has 2 N–H and O–H groups in total. The zero-order chi connectivity index (χ0) is 13.8. The topological polar surface area (TPSA) is 49.3 Å². The molecule has 0 bridgehead atoms. The standard InChI is InChI=1S/C15H17NO2S/c1-2-10-8-12(17)14(13(18)9-10)15(19)16-11-6-4-3-5-7-11/h3-7,10,17H,2,8-9H2,1H3,(H,16,19)/t10-/m0/s1. The third-order valence-corrected chi connectivity index (χ3v) is 3.67. The first-order chi connectivity index (χ1) is 9.11. The second kappa shape index (κ2) is 5.97. The maximum Gasteiger partial charge on any atom is 0.169 e. The van der Waals surface area contributed by atoms with E-state index in [-0.39, 0.29) is 23.0 Å². The van der Waals surface area contributed by atoms with Crippen molar-refractivity contribution in [1.82, 2.24) is 0 Å². The summed E-state index contributed by atoms with van der Waals surface area (Å²) in [5, 5.41) is 13.0. The van der Waals surface area contributed by atoms with Gasteiger partial charge in [-0.05, 0) is 18.1 Å². The lowest BCUT2D eigenvalue weighted by molar-refractivity contribution is -0.116. The van der Waals surface area contributed by atoms with Crippen molar-refractivity contribution in [2.45, 2.75) is 26.2 Å². The Morgan fingerprint density at radius 2 is 2.05 bits per heavy atom. The molecule has 0 fully saturated rings. The largest absolute Gasteiger partial charge is 0.511 e. The van der Waals surface area contributed by atoms with Crippen LogP contribution in [0.2, 0.25) is 0 Å². The summed E-state index contributed by atoms with van der Waals surface area (Å²) in [7, 11) is 0. The summed E-state index contributed by atoms with van der Waals surface area (Å²) in [6.45, 7) is 2.02. The highest BCUT2D eigenvalue weighted by atomic mass is 32.1. The summed E-state index contributed by atoms with van der Waals surface area (Å²) in [6.07, 6.45) is 1.89. The fourth-order valence-corrected chi connectivity index (χ4v) is 2.58. The molecule has 1 aromatic carbocycles. The van der Waals surface area contributed by atoms with Crippen LogP contribution in [0.15, 0.2) is 41.7 Å². The van der Waals surface area contributed by atoms with Gasteiger partial charge in [-0.1, -0.05) is 43.8 Å².